The molecule has 4 nitrogen and oxygen atoms in total. The summed E-state index contributed by atoms with van der Waals surface area (Å²) in [6.07, 6.45) is 0.636. The molecule has 0 fully saturated rings. The highest BCUT2D eigenvalue weighted by Gasteiger charge is 2.33. The molecule has 23 heavy (non-hydrogen) atoms. The average Bonchev–Trinajstić information content (AvgIpc) is 2.73. The maximum atomic E-state index is 12.0. The second-order valence-corrected chi connectivity index (χ2v) is 6.72. The van der Waals surface area contributed by atoms with Crippen LogP contribution in [-0.2, 0) is 14.3 Å². The van der Waals surface area contributed by atoms with Crippen LogP contribution in [0.15, 0.2) is 29.8 Å². The number of ether oxygens (including phenoxy) is 2. The Labute approximate surface area is 137 Å². The van der Waals surface area contributed by atoms with Gasteiger partial charge >= 0.3 is 11.9 Å². The van der Waals surface area contributed by atoms with Gasteiger partial charge in [-0.3, -0.25) is 0 Å². The molecule has 0 amide bonds. The van der Waals surface area contributed by atoms with Gasteiger partial charge in [0.25, 0.3) is 0 Å². The molecule has 1 unspecified atom stereocenters. The average molecular weight is 316 g/mol. The van der Waals surface area contributed by atoms with E-state index in [1.807, 2.05) is 32.9 Å². The fourth-order valence-electron chi connectivity index (χ4n) is 2.36. The molecule has 0 saturated heterocycles. The quantitative estimate of drug-likeness (QED) is 0.588. The van der Waals surface area contributed by atoms with Gasteiger partial charge in [-0.25, -0.2) is 9.59 Å². The molecule has 0 aromatic heterocycles. The van der Waals surface area contributed by atoms with E-state index in [1.54, 1.807) is 12.1 Å². The van der Waals surface area contributed by atoms with E-state index in [2.05, 4.69) is 13.8 Å². The molecule has 1 aromatic carbocycles. The predicted molar refractivity (Wildman–Crippen MR) is 88.8 cm³/mol. The van der Waals surface area contributed by atoms with Crippen molar-refractivity contribution in [2.75, 3.05) is 0 Å². The van der Waals surface area contributed by atoms with Gasteiger partial charge in [0.1, 0.15) is 5.75 Å². The molecule has 0 radical (unpaired) electrons. The summed E-state index contributed by atoms with van der Waals surface area (Å²) in [4.78, 5) is 23.9. The Hall–Kier alpha value is -2.10. The number of rotatable bonds is 6. The van der Waals surface area contributed by atoms with Gasteiger partial charge in [-0.15, -0.1) is 0 Å². The predicted octanol–water partition coefficient (Wildman–Crippen LogP) is 3.99. The molecule has 4 heteroatoms. The molecule has 0 aliphatic carbocycles. The molecule has 1 aliphatic heterocycles. The SMILES string of the molecule is CC(C)CC1=C(c2ccc(OC(C)C(C)C)cc2)C(=O)OC1=O. The van der Waals surface area contributed by atoms with Crippen molar-refractivity contribution in [2.24, 2.45) is 11.8 Å². The third-order valence-electron chi connectivity index (χ3n) is 3.95. The van der Waals surface area contributed by atoms with Crippen LogP contribution in [0.5, 0.6) is 5.75 Å². The van der Waals surface area contributed by atoms with Gasteiger partial charge in [0.2, 0.25) is 0 Å². The lowest BCUT2D eigenvalue weighted by Crippen LogP contribution is -2.18. The zero-order valence-corrected chi connectivity index (χ0v) is 14.4. The van der Waals surface area contributed by atoms with Crippen LogP contribution >= 0.6 is 0 Å². The van der Waals surface area contributed by atoms with Crippen LogP contribution < -0.4 is 4.74 Å². The van der Waals surface area contributed by atoms with E-state index >= 15 is 0 Å². The van der Waals surface area contributed by atoms with Crippen molar-refractivity contribution in [2.45, 2.75) is 47.1 Å². The number of carbonyl (C=O) groups excluding carboxylic acids is 2. The first kappa shape index (κ1) is 17.3. The molecule has 1 aromatic rings. The molecule has 0 N–H and O–H groups in total. The summed E-state index contributed by atoms with van der Waals surface area (Å²) in [5.41, 5.74) is 1.54. The van der Waals surface area contributed by atoms with Crippen LogP contribution in [-0.4, -0.2) is 18.0 Å². The summed E-state index contributed by atoms with van der Waals surface area (Å²) in [5.74, 6) is 0.353. The van der Waals surface area contributed by atoms with E-state index in [0.29, 0.717) is 29.0 Å². The van der Waals surface area contributed by atoms with Gasteiger partial charge in [-0.05, 0) is 42.9 Å². The zero-order valence-electron chi connectivity index (χ0n) is 14.4. The van der Waals surface area contributed by atoms with Crippen molar-refractivity contribution < 1.29 is 19.1 Å². The van der Waals surface area contributed by atoms with Crippen LogP contribution in [0, 0.1) is 11.8 Å². The molecule has 124 valence electrons. The number of carbonyl (C=O) groups is 2. The normalized spacial score (nSPS) is 16.3. The second-order valence-electron chi connectivity index (χ2n) is 6.72. The Bertz CT molecular complexity index is 623. The highest BCUT2D eigenvalue weighted by molar-refractivity contribution is 6.30. The molecule has 2 rings (SSSR count). The van der Waals surface area contributed by atoms with Crippen molar-refractivity contribution in [3.05, 3.63) is 35.4 Å². The van der Waals surface area contributed by atoms with Crippen LogP contribution in [0.3, 0.4) is 0 Å². The van der Waals surface area contributed by atoms with Crippen LogP contribution in [0.1, 0.15) is 46.6 Å². The van der Waals surface area contributed by atoms with Gasteiger partial charge in [0, 0.05) is 0 Å². The molecule has 0 saturated carbocycles. The highest BCUT2D eigenvalue weighted by atomic mass is 16.6. The lowest BCUT2D eigenvalue weighted by atomic mass is 9.95. The van der Waals surface area contributed by atoms with E-state index in [9.17, 15) is 9.59 Å². The maximum Gasteiger partial charge on any atom is 0.347 e. The van der Waals surface area contributed by atoms with Crippen molar-refractivity contribution in [3.8, 4) is 5.75 Å². The molecule has 1 heterocycles. The summed E-state index contributed by atoms with van der Waals surface area (Å²) in [7, 11) is 0. The molecule has 0 bridgehead atoms. The standard InChI is InChI=1S/C19H24O4/c1-11(2)10-16-17(19(21)23-18(16)20)14-6-8-15(9-7-14)22-13(5)12(3)4/h6-9,11-13H,10H2,1-5H3. The largest absolute Gasteiger partial charge is 0.490 e. The Morgan fingerprint density at radius 2 is 1.57 bits per heavy atom. The number of hydrogen-bond donors (Lipinski definition) is 0. The minimum absolute atomic E-state index is 0.106. The number of hydrogen-bond acceptors (Lipinski definition) is 4. The lowest BCUT2D eigenvalue weighted by Gasteiger charge is -2.18. The Balaban J connectivity index is 2.28. The van der Waals surface area contributed by atoms with E-state index < -0.39 is 11.9 Å². The van der Waals surface area contributed by atoms with Crippen molar-refractivity contribution in [3.63, 3.8) is 0 Å². The fourth-order valence-corrected chi connectivity index (χ4v) is 2.36. The zero-order chi connectivity index (χ0) is 17.1. The summed E-state index contributed by atoms with van der Waals surface area (Å²) in [6.45, 7) is 10.2. The Kier molecular flexibility index (Phi) is 5.24. The topological polar surface area (TPSA) is 52.6 Å². The molecular weight excluding hydrogens is 292 g/mol. The van der Waals surface area contributed by atoms with Crippen molar-refractivity contribution >= 4 is 17.5 Å². The minimum atomic E-state index is -0.560. The summed E-state index contributed by atoms with van der Waals surface area (Å²) in [5, 5.41) is 0. The van der Waals surface area contributed by atoms with Crippen LogP contribution in [0.4, 0.5) is 0 Å². The van der Waals surface area contributed by atoms with Gasteiger partial charge in [0.05, 0.1) is 17.3 Å². The minimum Gasteiger partial charge on any atom is -0.490 e. The van der Waals surface area contributed by atoms with Crippen molar-refractivity contribution in [1.82, 2.24) is 0 Å². The highest BCUT2D eigenvalue weighted by Crippen LogP contribution is 2.32. The van der Waals surface area contributed by atoms with Gasteiger partial charge in [0.15, 0.2) is 0 Å². The fraction of sp³-hybridized carbons (Fsp3) is 0.474. The smallest absolute Gasteiger partial charge is 0.347 e. The molecular formula is C19H24O4. The van der Waals surface area contributed by atoms with Gasteiger partial charge < -0.3 is 9.47 Å². The number of esters is 2. The van der Waals surface area contributed by atoms with Gasteiger partial charge in [-0.1, -0.05) is 39.8 Å². The Morgan fingerprint density at radius 3 is 2.09 bits per heavy atom. The van der Waals surface area contributed by atoms with E-state index in [0.717, 1.165) is 5.75 Å². The first-order valence-corrected chi connectivity index (χ1v) is 8.06. The lowest BCUT2D eigenvalue weighted by molar-refractivity contribution is -0.150. The van der Waals surface area contributed by atoms with E-state index in [4.69, 9.17) is 9.47 Å². The monoisotopic (exact) mass is 316 g/mol. The molecule has 0 spiro atoms. The number of benzene rings is 1. The first-order valence-electron chi connectivity index (χ1n) is 8.06. The van der Waals surface area contributed by atoms with E-state index in [1.165, 1.54) is 0 Å². The molecule has 1 aliphatic rings. The van der Waals surface area contributed by atoms with Crippen molar-refractivity contribution in [1.29, 1.82) is 0 Å². The van der Waals surface area contributed by atoms with E-state index in [-0.39, 0.29) is 12.0 Å². The summed E-state index contributed by atoms with van der Waals surface area (Å²) in [6, 6.07) is 7.25. The Morgan fingerprint density at radius 1 is 0.957 bits per heavy atom. The van der Waals surface area contributed by atoms with Crippen LogP contribution in [0.25, 0.3) is 5.57 Å². The number of cyclic esters (lactones) is 2. The van der Waals surface area contributed by atoms with Crippen LogP contribution in [0.2, 0.25) is 0 Å². The van der Waals surface area contributed by atoms with Gasteiger partial charge in [-0.2, -0.15) is 0 Å². The summed E-state index contributed by atoms with van der Waals surface area (Å²) >= 11 is 0. The third-order valence-corrected chi connectivity index (χ3v) is 3.95. The maximum absolute atomic E-state index is 12.0. The summed E-state index contributed by atoms with van der Waals surface area (Å²) < 4.78 is 10.6. The third kappa shape index (κ3) is 4.01. The first-order chi connectivity index (χ1) is 10.8. The second kappa shape index (κ2) is 6.99. The molecule has 1 atom stereocenters.